The van der Waals surface area contributed by atoms with Gasteiger partial charge in [0.15, 0.2) is 0 Å². The minimum atomic E-state index is -0.422. The molecule has 7 nitrogen and oxygen atoms in total. The molecule has 2 aliphatic heterocycles. The Hall–Kier alpha value is -1.89. The Morgan fingerprint density at radius 2 is 2.08 bits per heavy atom. The smallest absolute Gasteiger partial charge is 0.230 e. The van der Waals surface area contributed by atoms with Gasteiger partial charge in [0, 0.05) is 45.1 Å². The van der Waals surface area contributed by atoms with E-state index in [0.717, 1.165) is 38.6 Å². The third-order valence-electron chi connectivity index (χ3n) is 6.19. The first kappa shape index (κ1) is 16.6. The van der Waals surface area contributed by atoms with Crippen molar-refractivity contribution < 1.29 is 14.7 Å². The van der Waals surface area contributed by atoms with Gasteiger partial charge >= 0.3 is 0 Å². The molecule has 1 atom stereocenters. The van der Waals surface area contributed by atoms with E-state index >= 15 is 0 Å². The number of amides is 2. The van der Waals surface area contributed by atoms with Gasteiger partial charge in [-0.1, -0.05) is 0 Å². The predicted molar refractivity (Wildman–Crippen MR) is 90.4 cm³/mol. The van der Waals surface area contributed by atoms with Crippen LogP contribution in [0.25, 0.3) is 0 Å². The highest BCUT2D eigenvalue weighted by Crippen LogP contribution is 2.50. The minimum Gasteiger partial charge on any atom is -0.395 e. The Labute approximate surface area is 147 Å². The maximum absolute atomic E-state index is 13.1. The Morgan fingerprint density at radius 3 is 2.76 bits per heavy atom. The van der Waals surface area contributed by atoms with Gasteiger partial charge in [0.1, 0.15) is 0 Å². The number of aliphatic hydroxyl groups excluding tert-OH is 1. The quantitative estimate of drug-likeness (QED) is 0.842. The molecular formula is C18H26N4O3. The second kappa shape index (κ2) is 6.12. The maximum atomic E-state index is 13.1. The van der Waals surface area contributed by atoms with Gasteiger partial charge in [-0.25, -0.2) is 4.98 Å². The van der Waals surface area contributed by atoms with Crippen LogP contribution < -0.4 is 0 Å². The van der Waals surface area contributed by atoms with Crippen molar-refractivity contribution in [2.75, 3.05) is 32.8 Å². The molecule has 0 aromatic carbocycles. The fourth-order valence-corrected chi connectivity index (χ4v) is 4.57. The summed E-state index contributed by atoms with van der Waals surface area (Å²) in [6, 6.07) is 0. The number of aliphatic hydroxyl groups is 1. The van der Waals surface area contributed by atoms with E-state index in [4.69, 9.17) is 0 Å². The van der Waals surface area contributed by atoms with Gasteiger partial charge in [-0.2, -0.15) is 0 Å². The number of aromatic nitrogens is 2. The van der Waals surface area contributed by atoms with Gasteiger partial charge in [0.25, 0.3) is 0 Å². The molecule has 0 bridgehead atoms. The minimum absolute atomic E-state index is 0.00151. The molecular weight excluding hydrogens is 320 g/mol. The average Bonchev–Trinajstić information content (AvgIpc) is 3.02. The fourth-order valence-electron chi connectivity index (χ4n) is 4.57. The van der Waals surface area contributed by atoms with Crippen molar-refractivity contribution in [1.82, 2.24) is 19.4 Å². The Balaban J connectivity index is 1.45. The van der Waals surface area contributed by atoms with E-state index in [1.54, 1.807) is 17.4 Å². The number of carbonyl (C=O) groups excluding carboxylic acids is 2. The molecule has 4 rings (SSSR count). The van der Waals surface area contributed by atoms with Crippen LogP contribution in [-0.4, -0.2) is 69.1 Å². The molecule has 2 amide bonds. The normalized spacial score (nSPS) is 28.0. The standard InChI is InChI=1S/C18H26N4O3/c23-11-10-21-7-1-2-17(15(21)24)5-8-22(13-17)16(25)18(3-4-18)12-20-9-6-19-14-20/h6,9,14,23H,1-5,7-8,10-13H2. The Kier molecular flexibility index (Phi) is 4.06. The fraction of sp³-hybridized carbons (Fsp3) is 0.722. The lowest BCUT2D eigenvalue weighted by molar-refractivity contribution is -0.147. The second-order valence-corrected chi connectivity index (χ2v) is 7.89. The lowest BCUT2D eigenvalue weighted by Gasteiger charge is -2.39. The topological polar surface area (TPSA) is 78.7 Å². The molecule has 2 saturated heterocycles. The summed E-state index contributed by atoms with van der Waals surface area (Å²) in [6.45, 7) is 3.01. The van der Waals surface area contributed by atoms with Gasteiger partial charge < -0.3 is 19.5 Å². The first-order chi connectivity index (χ1) is 12.1. The van der Waals surface area contributed by atoms with Gasteiger partial charge in [-0.05, 0) is 32.1 Å². The SMILES string of the molecule is O=C1N(CCO)CCCC12CCN(C(=O)C1(Cn3ccnc3)CC1)C2. The van der Waals surface area contributed by atoms with Gasteiger partial charge in [0.05, 0.1) is 23.8 Å². The maximum Gasteiger partial charge on any atom is 0.230 e. The highest BCUT2D eigenvalue weighted by molar-refractivity contribution is 5.89. The zero-order chi connectivity index (χ0) is 17.5. The van der Waals surface area contributed by atoms with Crippen LogP contribution in [0, 0.1) is 10.8 Å². The Morgan fingerprint density at radius 1 is 1.24 bits per heavy atom. The van der Waals surface area contributed by atoms with Crippen molar-refractivity contribution in [2.24, 2.45) is 10.8 Å². The van der Waals surface area contributed by atoms with E-state index in [2.05, 4.69) is 4.98 Å². The molecule has 7 heteroatoms. The summed E-state index contributed by atoms with van der Waals surface area (Å²) in [6.07, 6.45) is 9.78. The first-order valence-corrected chi connectivity index (χ1v) is 9.24. The molecule has 1 unspecified atom stereocenters. The van der Waals surface area contributed by atoms with Crippen LogP contribution in [0.2, 0.25) is 0 Å². The molecule has 1 saturated carbocycles. The van der Waals surface area contributed by atoms with E-state index in [1.165, 1.54) is 0 Å². The zero-order valence-electron chi connectivity index (χ0n) is 14.6. The lowest BCUT2D eigenvalue weighted by atomic mass is 9.78. The van der Waals surface area contributed by atoms with Crippen molar-refractivity contribution in [3.8, 4) is 0 Å². The summed E-state index contributed by atoms with van der Waals surface area (Å²) < 4.78 is 1.98. The largest absolute Gasteiger partial charge is 0.395 e. The van der Waals surface area contributed by atoms with Crippen molar-refractivity contribution >= 4 is 11.8 Å². The second-order valence-electron chi connectivity index (χ2n) is 7.89. The van der Waals surface area contributed by atoms with Crippen molar-refractivity contribution in [3.05, 3.63) is 18.7 Å². The highest BCUT2D eigenvalue weighted by atomic mass is 16.3. The van der Waals surface area contributed by atoms with E-state index in [1.807, 2.05) is 15.7 Å². The number of nitrogens with zero attached hydrogens (tertiary/aromatic N) is 4. The van der Waals surface area contributed by atoms with Crippen molar-refractivity contribution in [3.63, 3.8) is 0 Å². The molecule has 1 aliphatic carbocycles. The number of carbonyl (C=O) groups is 2. The number of hydrogen-bond donors (Lipinski definition) is 1. The van der Waals surface area contributed by atoms with Crippen LogP contribution >= 0.6 is 0 Å². The van der Waals surface area contributed by atoms with Crippen LogP contribution in [0.5, 0.6) is 0 Å². The molecule has 1 aromatic rings. The van der Waals surface area contributed by atoms with Crippen LogP contribution in [0.1, 0.15) is 32.1 Å². The zero-order valence-corrected chi connectivity index (χ0v) is 14.6. The van der Waals surface area contributed by atoms with E-state index in [0.29, 0.717) is 26.2 Å². The van der Waals surface area contributed by atoms with Crippen molar-refractivity contribution in [2.45, 2.75) is 38.6 Å². The molecule has 3 aliphatic rings. The molecule has 25 heavy (non-hydrogen) atoms. The number of imidazole rings is 1. The molecule has 1 aromatic heterocycles. The third kappa shape index (κ3) is 2.84. The van der Waals surface area contributed by atoms with Gasteiger partial charge in [-0.3, -0.25) is 9.59 Å². The van der Waals surface area contributed by atoms with Crippen LogP contribution in [0.4, 0.5) is 0 Å². The summed E-state index contributed by atoms with van der Waals surface area (Å²) in [5.74, 6) is 0.327. The van der Waals surface area contributed by atoms with Crippen LogP contribution in [-0.2, 0) is 16.1 Å². The van der Waals surface area contributed by atoms with E-state index < -0.39 is 5.41 Å². The number of β-amino-alcohol motifs (C(OH)–C–C–N with tert-alkyl or cyclic N) is 1. The highest BCUT2D eigenvalue weighted by Gasteiger charge is 2.56. The van der Waals surface area contributed by atoms with E-state index in [-0.39, 0.29) is 23.8 Å². The summed E-state index contributed by atoms with van der Waals surface area (Å²) in [7, 11) is 0. The summed E-state index contributed by atoms with van der Waals surface area (Å²) in [5, 5.41) is 9.18. The van der Waals surface area contributed by atoms with Crippen LogP contribution in [0.3, 0.4) is 0 Å². The number of likely N-dealkylation sites (tertiary alicyclic amines) is 2. The van der Waals surface area contributed by atoms with E-state index in [9.17, 15) is 14.7 Å². The molecule has 3 fully saturated rings. The molecule has 1 N–H and O–H groups in total. The third-order valence-corrected chi connectivity index (χ3v) is 6.19. The summed E-state index contributed by atoms with van der Waals surface area (Å²) in [5.41, 5.74) is -0.719. The van der Waals surface area contributed by atoms with Crippen molar-refractivity contribution in [1.29, 1.82) is 0 Å². The Bertz CT molecular complexity index is 653. The molecule has 0 radical (unpaired) electrons. The number of piperidine rings is 1. The number of hydrogen-bond acceptors (Lipinski definition) is 4. The monoisotopic (exact) mass is 346 g/mol. The lowest BCUT2D eigenvalue weighted by Crippen LogP contribution is -2.51. The summed E-state index contributed by atoms with van der Waals surface area (Å²) in [4.78, 5) is 33.8. The number of rotatable bonds is 5. The van der Waals surface area contributed by atoms with Gasteiger partial charge in [-0.15, -0.1) is 0 Å². The predicted octanol–water partition coefficient (Wildman–Crippen LogP) is 0.497. The first-order valence-electron chi connectivity index (χ1n) is 9.24. The average molecular weight is 346 g/mol. The molecule has 3 heterocycles. The summed E-state index contributed by atoms with van der Waals surface area (Å²) >= 11 is 0. The molecule has 1 spiro atoms. The van der Waals surface area contributed by atoms with Gasteiger partial charge in [0.2, 0.25) is 11.8 Å². The molecule has 136 valence electrons. The van der Waals surface area contributed by atoms with Crippen LogP contribution in [0.15, 0.2) is 18.7 Å².